The Balaban J connectivity index is 1.40. The molecule has 0 radical (unpaired) electrons. The molecule has 0 saturated carbocycles. The lowest BCUT2D eigenvalue weighted by Gasteiger charge is -2.33. The maximum absolute atomic E-state index is 14.7. The van der Waals surface area contributed by atoms with Crippen molar-refractivity contribution in [3.8, 4) is 11.5 Å². The van der Waals surface area contributed by atoms with Crippen LogP contribution in [-0.2, 0) is 13.1 Å². The monoisotopic (exact) mass is 578 g/mol. The third-order valence-electron chi connectivity index (χ3n) is 6.89. The molecule has 8 nitrogen and oxygen atoms in total. The molecule has 1 aromatic carbocycles. The van der Waals surface area contributed by atoms with E-state index in [4.69, 9.17) is 4.52 Å². The number of likely N-dealkylation sites (tertiary alicyclic amines) is 1. The van der Waals surface area contributed by atoms with Gasteiger partial charge in [0.1, 0.15) is 12.7 Å². The number of anilines is 1. The first-order chi connectivity index (χ1) is 19.0. The van der Waals surface area contributed by atoms with E-state index in [0.29, 0.717) is 40.4 Å². The van der Waals surface area contributed by atoms with E-state index in [1.54, 1.807) is 30.3 Å². The number of rotatable bonds is 8. The van der Waals surface area contributed by atoms with Gasteiger partial charge in [0.05, 0.1) is 28.7 Å². The molecule has 3 aromatic heterocycles. The van der Waals surface area contributed by atoms with E-state index in [1.165, 1.54) is 11.3 Å². The maximum atomic E-state index is 14.7. The molecule has 13 heteroatoms. The van der Waals surface area contributed by atoms with Gasteiger partial charge in [0.25, 0.3) is 5.91 Å². The van der Waals surface area contributed by atoms with E-state index < -0.39 is 24.9 Å². The average molecular weight is 579 g/mol. The van der Waals surface area contributed by atoms with Gasteiger partial charge in [-0.2, -0.15) is 18.2 Å². The number of carbonyl (C=O) groups is 1. The number of nitrogens with zero attached hydrogens (tertiary/aromatic N) is 4. The van der Waals surface area contributed by atoms with Gasteiger partial charge in [-0.15, -0.1) is 11.3 Å². The topological polar surface area (TPSA) is 88.2 Å². The number of fused-ring (bicyclic) bond motifs is 1. The number of halogens is 4. The van der Waals surface area contributed by atoms with Crippen LogP contribution in [0.3, 0.4) is 0 Å². The Morgan fingerprint density at radius 3 is 2.75 bits per heavy atom. The first-order valence-electron chi connectivity index (χ1n) is 13.0. The minimum Gasteiger partial charge on any atom is -0.379 e. The number of carbonyl (C=O) groups excluding carboxylic acids is 1. The number of hydrogen-bond acceptors (Lipinski definition) is 7. The van der Waals surface area contributed by atoms with Gasteiger partial charge in [0.15, 0.2) is 0 Å². The van der Waals surface area contributed by atoms with Crippen LogP contribution in [0.25, 0.3) is 22.4 Å². The van der Waals surface area contributed by atoms with E-state index in [9.17, 15) is 22.4 Å². The molecule has 214 valence electrons. The maximum Gasteiger partial charge on any atom is 0.406 e. The fourth-order valence-electron chi connectivity index (χ4n) is 4.82. The summed E-state index contributed by atoms with van der Waals surface area (Å²) in [4.78, 5) is 20.3. The van der Waals surface area contributed by atoms with Crippen molar-refractivity contribution in [1.82, 2.24) is 24.9 Å². The summed E-state index contributed by atoms with van der Waals surface area (Å²) in [5.41, 5.74) is 0.937. The van der Waals surface area contributed by atoms with Gasteiger partial charge in [-0.3, -0.25) is 4.79 Å². The van der Waals surface area contributed by atoms with E-state index in [-0.39, 0.29) is 36.4 Å². The highest BCUT2D eigenvalue weighted by Gasteiger charge is 2.32. The van der Waals surface area contributed by atoms with Crippen LogP contribution >= 0.6 is 11.3 Å². The van der Waals surface area contributed by atoms with Crippen LogP contribution in [0.4, 0.5) is 23.2 Å². The Bertz CT molecular complexity index is 1490. The molecule has 5 rings (SSSR count). The summed E-state index contributed by atoms with van der Waals surface area (Å²) in [6.45, 7) is 3.71. The highest BCUT2D eigenvalue weighted by Crippen LogP contribution is 2.35. The summed E-state index contributed by atoms with van der Waals surface area (Å²) in [6.07, 6.45) is -5.07. The van der Waals surface area contributed by atoms with Crippen LogP contribution < -0.4 is 10.6 Å². The predicted molar refractivity (Wildman–Crippen MR) is 145 cm³/mol. The second-order valence-electron chi connectivity index (χ2n) is 10.3. The van der Waals surface area contributed by atoms with Gasteiger partial charge in [0, 0.05) is 29.0 Å². The van der Waals surface area contributed by atoms with Gasteiger partial charge in [-0.05, 0) is 49.7 Å². The second kappa shape index (κ2) is 11.2. The molecule has 1 saturated heterocycles. The number of alkyl halides is 4. The van der Waals surface area contributed by atoms with Crippen LogP contribution in [-0.4, -0.2) is 64.0 Å². The number of benzene rings is 1. The third kappa shape index (κ3) is 6.15. The smallest absolute Gasteiger partial charge is 0.379 e. The molecule has 1 amide bonds. The van der Waals surface area contributed by atoms with Crippen LogP contribution in [0.5, 0.6) is 0 Å². The minimum atomic E-state index is -4.52. The van der Waals surface area contributed by atoms with Crippen LogP contribution in [0.2, 0.25) is 0 Å². The number of thiophene rings is 1. The molecule has 0 unspecified atom stereocenters. The Kier molecular flexibility index (Phi) is 7.87. The lowest BCUT2D eigenvalue weighted by atomic mass is 10.0. The highest BCUT2D eigenvalue weighted by molar-refractivity contribution is 7.14. The van der Waals surface area contributed by atoms with Gasteiger partial charge in [-0.25, -0.2) is 4.39 Å². The minimum absolute atomic E-state index is 0.0449. The van der Waals surface area contributed by atoms with Crippen molar-refractivity contribution >= 4 is 33.8 Å². The first-order valence-corrected chi connectivity index (χ1v) is 13.8. The van der Waals surface area contributed by atoms with Gasteiger partial charge in [-0.1, -0.05) is 25.1 Å². The van der Waals surface area contributed by atoms with Crippen LogP contribution in [0.15, 0.2) is 40.9 Å². The number of hydrogen-bond donors (Lipinski definition) is 2. The molecule has 1 aliphatic heterocycles. The zero-order chi connectivity index (χ0) is 28.6. The average Bonchev–Trinajstić information content (AvgIpc) is 3.63. The van der Waals surface area contributed by atoms with Crippen molar-refractivity contribution in [1.29, 1.82) is 0 Å². The highest BCUT2D eigenvalue weighted by atomic mass is 32.1. The summed E-state index contributed by atoms with van der Waals surface area (Å²) in [7, 11) is 1.85. The predicted octanol–water partition coefficient (Wildman–Crippen LogP) is 5.82. The molecular formula is C27H30F4N6O2S. The molecular weight excluding hydrogens is 548 g/mol. The standard InChI is InChI=1S/C27H30F4N6O2S/c1-15(2)22-7-8-23(40-22)26(38)32-12-24-34-25(35-39-24)21-11-16-18(33-19-9-10-36(3)13-17(19)28)5-4-6-20(16)37(21)14-27(29,30)31/h4-8,11,15,17,19,33H,9-10,12-14H2,1-3H3,(H,32,38)/t17-,19+/m0/s1. The van der Waals surface area contributed by atoms with Gasteiger partial charge >= 0.3 is 6.18 Å². The number of aromatic nitrogens is 3. The molecule has 4 aromatic rings. The second-order valence-corrected chi connectivity index (χ2v) is 11.5. The molecule has 2 N–H and O–H groups in total. The normalized spacial score (nSPS) is 18.5. The number of nitrogens with one attached hydrogen (secondary N) is 2. The molecule has 4 heterocycles. The fourth-order valence-corrected chi connectivity index (χ4v) is 5.75. The zero-order valence-corrected chi connectivity index (χ0v) is 23.1. The van der Waals surface area contributed by atoms with Crippen molar-refractivity contribution in [3.05, 3.63) is 52.0 Å². The van der Waals surface area contributed by atoms with Crippen LogP contribution in [0, 0.1) is 0 Å². The molecule has 0 bridgehead atoms. The molecule has 40 heavy (non-hydrogen) atoms. The lowest BCUT2D eigenvalue weighted by Crippen LogP contribution is -2.46. The lowest BCUT2D eigenvalue weighted by molar-refractivity contribution is -0.139. The van der Waals surface area contributed by atoms with Crippen molar-refractivity contribution in [2.45, 2.75) is 57.7 Å². The summed E-state index contributed by atoms with van der Waals surface area (Å²) < 4.78 is 61.9. The fraction of sp³-hybridized carbons (Fsp3) is 0.444. The SMILES string of the molecule is CC(C)c1ccc(C(=O)NCc2nc(-c3cc4c(N[C@@H]5CCN(C)C[C@@H]5F)cccc4n3CC(F)(F)F)no2)s1. The molecule has 1 aliphatic rings. The Morgan fingerprint density at radius 2 is 2.05 bits per heavy atom. The van der Waals surface area contributed by atoms with Gasteiger partial charge < -0.3 is 24.6 Å². The number of amides is 1. The van der Waals surface area contributed by atoms with Crippen LogP contribution in [0.1, 0.15) is 46.6 Å². The van der Waals surface area contributed by atoms with Crippen molar-refractivity contribution < 1.29 is 26.9 Å². The van der Waals surface area contributed by atoms with Crippen molar-refractivity contribution in [2.75, 3.05) is 25.5 Å². The van der Waals surface area contributed by atoms with Crippen molar-refractivity contribution in [2.24, 2.45) is 0 Å². The summed E-state index contributed by atoms with van der Waals surface area (Å²) in [6, 6.07) is 9.67. The summed E-state index contributed by atoms with van der Waals surface area (Å²) in [5, 5.41) is 10.3. The zero-order valence-electron chi connectivity index (χ0n) is 22.3. The molecule has 0 aliphatic carbocycles. The van der Waals surface area contributed by atoms with E-state index in [1.807, 2.05) is 31.9 Å². The third-order valence-corrected chi connectivity index (χ3v) is 8.27. The Hall–Kier alpha value is -3.45. The molecule has 0 spiro atoms. The van der Waals surface area contributed by atoms with E-state index >= 15 is 0 Å². The Morgan fingerprint density at radius 1 is 1.25 bits per heavy atom. The molecule has 1 fully saturated rings. The summed E-state index contributed by atoms with van der Waals surface area (Å²) in [5.74, 6) is -0.000104. The van der Waals surface area contributed by atoms with E-state index in [0.717, 1.165) is 9.44 Å². The Labute approximate surface area is 232 Å². The van der Waals surface area contributed by atoms with E-state index in [2.05, 4.69) is 20.8 Å². The molecule has 2 atom stereocenters. The van der Waals surface area contributed by atoms with Crippen molar-refractivity contribution in [3.63, 3.8) is 0 Å². The number of piperidine rings is 1. The summed E-state index contributed by atoms with van der Waals surface area (Å²) >= 11 is 1.39. The largest absolute Gasteiger partial charge is 0.406 e. The first kappa shape index (κ1) is 28.1. The quantitative estimate of drug-likeness (QED) is 0.256. The van der Waals surface area contributed by atoms with Gasteiger partial charge in [0.2, 0.25) is 11.7 Å².